The van der Waals surface area contributed by atoms with Crippen LogP contribution in [0.5, 0.6) is 0 Å². The van der Waals surface area contributed by atoms with E-state index >= 15 is 0 Å². The molecule has 0 aliphatic carbocycles. The van der Waals surface area contributed by atoms with E-state index in [1.807, 2.05) is 32.0 Å². The van der Waals surface area contributed by atoms with E-state index in [0.717, 1.165) is 44.0 Å². The molecule has 0 spiro atoms. The molecular formula is C20H33FN6O. The Balaban J connectivity index is 1.94. The van der Waals surface area contributed by atoms with Gasteiger partial charge in [-0.25, -0.2) is 9.38 Å². The number of aliphatic imine (C=N–C) groups is 1. The van der Waals surface area contributed by atoms with Crippen LogP contribution in [0, 0.1) is 5.82 Å². The largest absolute Gasteiger partial charge is 0.369 e. The number of benzene rings is 1. The van der Waals surface area contributed by atoms with E-state index in [1.54, 1.807) is 6.07 Å². The Labute approximate surface area is 167 Å². The van der Waals surface area contributed by atoms with Crippen molar-refractivity contribution in [3.63, 3.8) is 0 Å². The lowest BCUT2D eigenvalue weighted by Gasteiger charge is -2.32. The Hall–Kier alpha value is -2.19. The molecule has 2 rings (SSSR count). The molecule has 1 heterocycles. The molecular weight excluding hydrogens is 359 g/mol. The van der Waals surface area contributed by atoms with Crippen LogP contribution in [-0.2, 0) is 17.9 Å². The smallest absolute Gasteiger partial charge is 0.231 e. The quantitative estimate of drug-likeness (QED) is 0.452. The summed E-state index contributed by atoms with van der Waals surface area (Å²) < 4.78 is 13.9. The summed E-state index contributed by atoms with van der Waals surface area (Å²) >= 11 is 0. The van der Waals surface area contributed by atoms with Gasteiger partial charge in [0, 0.05) is 37.8 Å². The van der Waals surface area contributed by atoms with Crippen molar-refractivity contribution in [1.29, 1.82) is 0 Å². The van der Waals surface area contributed by atoms with Crippen LogP contribution in [0.15, 0.2) is 23.2 Å². The summed E-state index contributed by atoms with van der Waals surface area (Å²) in [6.07, 6.45) is 1.86. The summed E-state index contributed by atoms with van der Waals surface area (Å²) in [6.45, 7) is 5.84. The van der Waals surface area contributed by atoms with Crippen LogP contribution in [0.1, 0.15) is 30.9 Å². The van der Waals surface area contributed by atoms with Crippen molar-refractivity contribution in [2.75, 3.05) is 40.3 Å². The van der Waals surface area contributed by atoms with Crippen molar-refractivity contribution in [3.8, 4) is 0 Å². The maximum absolute atomic E-state index is 13.9. The zero-order valence-electron chi connectivity index (χ0n) is 17.2. The predicted molar refractivity (Wildman–Crippen MR) is 110 cm³/mol. The molecule has 1 amide bonds. The molecule has 0 bridgehead atoms. The first-order valence-electron chi connectivity index (χ1n) is 9.85. The molecule has 1 aliphatic rings. The number of guanidine groups is 1. The number of carbonyl (C=O) groups is 1. The van der Waals surface area contributed by atoms with Gasteiger partial charge in [-0.1, -0.05) is 6.07 Å². The zero-order valence-corrected chi connectivity index (χ0v) is 17.2. The monoisotopic (exact) mass is 392 g/mol. The average Bonchev–Trinajstić information content (AvgIpc) is 2.63. The van der Waals surface area contributed by atoms with Gasteiger partial charge < -0.3 is 21.3 Å². The highest BCUT2D eigenvalue weighted by molar-refractivity contribution is 5.80. The summed E-state index contributed by atoms with van der Waals surface area (Å²) in [5.41, 5.74) is 6.92. The molecule has 1 aromatic rings. The molecule has 0 atom stereocenters. The van der Waals surface area contributed by atoms with Gasteiger partial charge in [0.1, 0.15) is 5.82 Å². The number of hydrogen-bond acceptors (Lipinski definition) is 4. The third-order valence-electron chi connectivity index (χ3n) is 4.67. The first kappa shape index (κ1) is 22.1. The van der Waals surface area contributed by atoms with Crippen LogP contribution in [0.4, 0.5) is 4.39 Å². The molecule has 1 saturated heterocycles. The van der Waals surface area contributed by atoms with Gasteiger partial charge in [-0.15, -0.1) is 0 Å². The normalized spacial score (nSPS) is 16.4. The van der Waals surface area contributed by atoms with Crippen LogP contribution in [0.2, 0.25) is 0 Å². The van der Waals surface area contributed by atoms with Crippen molar-refractivity contribution in [1.82, 2.24) is 20.4 Å². The number of nitrogens with two attached hydrogens (primary N) is 1. The summed E-state index contributed by atoms with van der Waals surface area (Å²) in [7, 11) is 3.85. The fourth-order valence-corrected chi connectivity index (χ4v) is 3.33. The van der Waals surface area contributed by atoms with Gasteiger partial charge in [0.2, 0.25) is 5.91 Å². The second-order valence-corrected chi connectivity index (χ2v) is 7.52. The fourth-order valence-electron chi connectivity index (χ4n) is 3.33. The van der Waals surface area contributed by atoms with Crippen LogP contribution in [0.25, 0.3) is 0 Å². The van der Waals surface area contributed by atoms with Crippen LogP contribution in [-0.4, -0.2) is 68.0 Å². The van der Waals surface area contributed by atoms with E-state index in [0.29, 0.717) is 31.2 Å². The van der Waals surface area contributed by atoms with Gasteiger partial charge in [0.25, 0.3) is 0 Å². The topological polar surface area (TPSA) is 86.0 Å². The van der Waals surface area contributed by atoms with Crippen LogP contribution >= 0.6 is 0 Å². The molecule has 28 heavy (non-hydrogen) atoms. The van der Waals surface area contributed by atoms with E-state index in [2.05, 4.69) is 20.5 Å². The highest BCUT2D eigenvalue weighted by atomic mass is 19.1. The number of nitrogens with one attached hydrogen (secondary N) is 2. The lowest BCUT2D eigenvalue weighted by Crippen LogP contribution is -2.49. The number of primary amides is 1. The molecule has 1 aliphatic heterocycles. The standard InChI is InChI=1S/C20H33FN6O/c1-4-23-20(25-17-7-9-27(10-8-17)14-19(22)28)24-12-15-5-6-18(21)16(11-15)13-26(2)3/h5-6,11,17H,4,7-10,12-14H2,1-3H3,(H2,22,28)(H2,23,24,25). The SMILES string of the molecule is CCNC(=NCc1ccc(F)c(CN(C)C)c1)NC1CCN(CC(N)=O)CC1. The Kier molecular flexibility index (Phi) is 8.66. The highest BCUT2D eigenvalue weighted by Crippen LogP contribution is 2.13. The Morgan fingerprint density at radius 3 is 2.68 bits per heavy atom. The minimum absolute atomic E-state index is 0.186. The molecule has 7 nitrogen and oxygen atoms in total. The third-order valence-corrected chi connectivity index (χ3v) is 4.67. The molecule has 156 valence electrons. The van der Waals surface area contributed by atoms with Crippen molar-refractivity contribution in [2.45, 2.75) is 38.9 Å². The molecule has 4 N–H and O–H groups in total. The summed E-state index contributed by atoms with van der Waals surface area (Å²) in [5, 5.41) is 6.74. The second-order valence-electron chi connectivity index (χ2n) is 7.52. The lowest BCUT2D eigenvalue weighted by molar-refractivity contribution is -0.119. The summed E-state index contributed by atoms with van der Waals surface area (Å²) in [6, 6.07) is 5.48. The molecule has 0 unspecified atom stereocenters. The number of halogens is 1. The molecule has 0 radical (unpaired) electrons. The zero-order chi connectivity index (χ0) is 20.5. The van der Waals surface area contributed by atoms with E-state index < -0.39 is 0 Å². The van der Waals surface area contributed by atoms with Crippen molar-refractivity contribution < 1.29 is 9.18 Å². The molecule has 1 fully saturated rings. The van der Waals surface area contributed by atoms with Gasteiger partial charge in [-0.3, -0.25) is 9.69 Å². The van der Waals surface area contributed by atoms with E-state index in [1.165, 1.54) is 6.07 Å². The number of hydrogen-bond donors (Lipinski definition) is 3. The Morgan fingerprint density at radius 1 is 1.36 bits per heavy atom. The maximum atomic E-state index is 13.9. The number of amides is 1. The first-order chi connectivity index (χ1) is 13.4. The van der Waals surface area contributed by atoms with Gasteiger partial charge in [0.05, 0.1) is 13.1 Å². The number of piperidine rings is 1. The minimum Gasteiger partial charge on any atom is -0.369 e. The number of rotatable bonds is 8. The number of nitrogens with zero attached hydrogens (tertiary/aromatic N) is 3. The second kappa shape index (κ2) is 11.0. The van der Waals surface area contributed by atoms with E-state index in [-0.39, 0.29) is 11.7 Å². The minimum atomic E-state index is -0.283. The number of likely N-dealkylation sites (tertiary alicyclic amines) is 1. The predicted octanol–water partition coefficient (Wildman–Crippen LogP) is 0.892. The van der Waals surface area contributed by atoms with Crippen molar-refractivity contribution in [3.05, 3.63) is 35.1 Å². The Morgan fingerprint density at radius 2 is 2.07 bits per heavy atom. The van der Waals surface area contributed by atoms with Crippen molar-refractivity contribution >= 4 is 11.9 Å². The van der Waals surface area contributed by atoms with E-state index in [9.17, 15) is 9.18 Å². The van der Waals surface area contributed by atoms with E-state index in [4.69, 9.17) is 5.73 Å². The highest BCUT2D eigenvalue weighted by Gasteiger charge is 2.20. The molecule has 0 aromatic heterocycles. The molecule has 8 heteroatoms. The Bertz CT molecular complexity index is 671. The molecule has 0 saturated carbocycles. The number of carbonyl (C=O) groups excluding carboxylic acids is 1. The van der Waals surface area contributed by atoms with Gasteiger partial charge in [0.15, 0.2) is 5.96 Å². The maximum Gasteiger partial charge on any atom is 0.231 e. The van der Waals surface area contributed by atoms with Gasteiger partial charge in [-0.05, 0) is 51.6 Å². The lowest BCUT2D eigenvalue weighted by atomic mass is 10.1. The van der Waals surface area contributed by atoms with Crippen LogP contribution in [0.3, 0.4) is 0 Å². The van der Waals surface area contributed by atoms with Crippen molar-refractivity contribution in [2.24, 2.45) is 10.7 Å². The molecule has 1 aromatic carbocycles. The average molecular weight is 393 g/mol. The summed E-state index contributed by atoms with van der Waals surface area (Å²) in [4.78, 5) is 19.7. The van der Waals surface area contributed by atoms with Crippen LogP contribution < -0.4 is 16.4 Å². The summed E-state index contributed by atoms with van der Waals surface area (Å²) in [5.74, 6) is 0.290. The first-order valence-corrected chi connectivity index (χ1v) is 9.85. The fraction of sp³-hybridized carbons (Fsp3) is 0.600. The van der Waals surface area contributed by atoms with Gasteiger partial charge in [-0.2, -0.15) is 0 Å². The third kappa shape index (κ3) is 7.44. The van der Waals surface area contributed by atoms with Gasteiger partial charge >= 0.3 is 0 Å².